The number of carbonyl (C=O) groups excluding carboxylic acids is 3. The van der Waals surface area contributed by atoms with Gasteiger partial charge in [0.15, 0.2) is 11.6 Å². The fourth-order valence-corrected chi connectivity index (χ4v) is 6.97. The number of ketones is 2. The molecule has 0 N–H and O–H groups in total. The van der Waals surface area contributed by atoms with Crippen LogP contribution in [0.2, 0.25) is 0 Å². The highest BCUT2D eigenvalue weighted by atomic mass is 16.5. The largest absolute Gasteiger partial charge is 0.469 e. The van der Waals surface area contributed by atoms with Gasteiger partial charge in [-0.05, 0) is 87.3 Å². The summed E-state index contributed by atoms with van der Waals surface area (Å²) in [6.07, 6.45) is 8.11. The van der Waals surface area contributed by atoms with E-state index in [1.165, 1.54) is 18.8 Å². The highest BCUT2D eigenvalue weighted by Gasteiger charge is 2.57. The quantitative estimate of drug-likeness (QED) is 0.437. The molecule has 0 spiro atoms. The van der Waals surface area contributed by atoms with Gasteiger partial charge in [0.2, 0.25) is 0 Å². The first-order chi connectivity index (χ1) is 15.1. The highest BCUT2D eigenvalue weighted by molar-refractivity contribution is 6.24. The Morgan fingerprint density at radius 3 is 2.66 bits per heavy atom. The molecule has 2 fully saturated rings. The lowest BCUT2D eigenvalue weighted by molar-refractivity contribution is -0.168. The zero-order valence-electron chi connectivity index (χ0n) is 19.8. The Morgan fingerprint density at radius 2 is 1.94 bits per heavy atom. The van der Waals surface area contributed by atoms with E-state index >= 15 is 0 Å². The fraction of sp³-hybridized carbons (Fsp3) is 0.536. The number of carbonyl (C=O) groups is 3. The first kappa shape index (κ1) is 22.7. The van der Waals surface area contributed by atoms with Gasteiger partial charge in [-0.3, -0.25) is 14.4 Å². The summed E-state index contributed by atoms with van der Waals surface area (Å²) in [7, 11) is 1.50. The van der Waals surface area contributed by atoms with E-state index in [1.54, 1.807) is 13.0 Å². The molecule has 0 heterocycles. The molecule has 170 valence electrons. The van der Waals surface area contributed by atoms with Gasteiger partial charge in [-0.25, -0.2) is 0 Å². The van der Waals surface area contributed by atoms with E-state index in [-0.39, 0.29) is 28.9 Å². The normalized spacial score (nSPS) is 32.1. The summed E-state index contributed by atoms with van der Waals surface area (Å²) in [5, 5.41) is 0. The van der Waals surface area contributed by atoms with E-state index in [0.717, 1.165) is 50.5 Å². The number of hydrogen-bond acceptors (Lipinski definition) is 4. The topological polar surface area (TPSA) is 60.4 Å². The Kier molecular flexibility index (Phi) is 5.77. The van der Waals surface area contributed by atoms with Crippen molar-refractivity contribution in [3.8, 4) is 0 Å². The van der Waals surface area contributed by atoms with E-state index in [9.17, 15) is 14.4 Å². The maximum atomic E-state index is 12.8. The van der Waals surface area contributed by atoms with Crippen molar-refractivity contribution in [2.75, 3.05) is 7.11 Å². The first-order valence-electron chi connectivity index (χ1n) is 11.8. The number of ether oxygens (including phenoxy) is 1. The van der Waals surface area contributed by atoms with Crippen LogP contribution in [0.4, 0.5) is 0 Å². The van der Waals surface area contributed by atoms with Crippen molar-refractivity contribution in [2.24, 2.45) is 22.7 Å². The van der Waals surface area contributed by atoms with Crippen LogP contribution in [0.5, 0.6) is 0 Å². The van der Waals surface area contributed by atoms with Crippen LogP contribution < -0.4 is 0 Å². The molecular weight excluding hydrogens is 400 g/mol. The number of allylic oxidation sites excluding steroid dienone is 3. The minimum atomic E-state index is -0.441. The molecule has 0 bridgehead atoms. The molecule has 4 atom stereocenters. The Bertz CT molecular complexity index is 1030. The number of Topliss-reactive ketones (excluding diaryl/α,β-unsaturated/α-hetero) is 1. The molecule has 0 saturated heterocycles. The van der Waals surface area contributed by atoms with Crippen LogP contribution in [-0.4, -0.2) is 24.6 Å². The van der Waals surface area contributed by atoms with Gasteiger partial charge in [0.05, 0.1) is 12.5 Å². The van der Waals surface area contributed by atoms with Gasteiger partial charge in [0.25, 0.3) is 0 Å². The van der Waals surface area contributed by atoms with Crippen LogP contribution in [0.15, 0.2) is 42.0 Å². The van der Waals surface area contributed by atoms with Crippen molar-refractivity contribution in [3.05, 3.63) is 58.7 Å². The SMILES string of the molecule is C=C1CCC2[C@](C)(CCC[C@]2(C)C(=O)OC)[C@H]1CCc1ccc2c(c1)C(=O)C=C(C)C2=O. The van der Waals surface area contributed by atoms with Crippen LogP contribution in [-0.2, 0) is 16.0 Å². The molecule has 4 nitrogen and oxygen atoms in total. The Morgan fingerprint density at radius 1 is 1.19 bits per heavy atom. The second-order valence-corrected chi connectivity index (χ2v) is 10.5. The van der Waals surface area contributed by atoms with Gasteiger partial charge in [-0.1, -0.05) is 37.6 Å². The summed E-state index contributed by atoms with van der Waals surface area (Å²) >= 11 is 0. The second kappa shape index (κ2) is 8.13. The maximum Gasteiger partial charge on any atom is 0.311 e. The average Bonchev–Trinajstić information content (AvgIpc) is 2.76. The summed E-state index contributed by atoms with van der Waals surface area (Å²) in [6, 6.07) is 5.67. The van der Waals surface area contributed by atoms with E-state index in [0.29, 0.717) is 22.6 Å². The van der Waals surface area contributed by atoms with Crippen LogP contribution >= 0.6 is 0 Å². The molecule has 1 unspecified atom stereocenters. The molecule has 2 saturated carbocycles. The van der Waals surface area contributed by atoms with Crippen molar-refractivity contribution in [3.63, 3.8) is 0 Å². The Hall–Kier alpha value is -2.49. The standard InChI is InChI=1S/C28H34O4/c1-17-7-12-24-27(3,13-6-14-28(24,4)26(31)32-5)22(17)11-9-19-8-10-20-21(16-19)23(29)15-18(2)25(20)30/h8,10,15-16,22,24H,1,6-7,9,11-14H2,2-5H3/t22-,24?,27+,28-/m0/s1. The number of aryl methyl sites for hydroxylation is 1. The molecule has 3 aliphatic carbocycles. The summed E-state index contributed by atoms with van der Waals surface area (Å²) < 4.78 is 5.23. The van der Waals surface area contributed by atoms with Crippen molar-refractivity contribution in [1.29, 1.82) is 0 Å². The Labute approximate surface area is 191 Å². The minimum absolute atomic E-state index is 0.0103. The number of methoxy groups -OCH3 is 1. The lowest BCUT2D eigenvalue weighted by Gasteiger charge is -2.57. The molecule has 1 aromatic rings. The molecule has 0 amide bonds. The molecule has 0 radical (unpaired) electrons. The third-order valence-corrected chi connectivity index (χ3v) is 8.69. The number of esters is 1. The number of hydrogen-bond donors (Lipinski definition) is 0. The average molecular weight is 435 g/mol. The number of rotatable bonds is 4. The predicted molar refractivity (Wildman–Crippen MR) is 125 cm³/mol. The van der Waals surface area contributed by atoms with E-state index in [4.69, 9.17) is 4.74 Å². The van der Waals surface area contributed by atoms with Gasteiger partial charge in [0, 0.05) is 16.7 Å². The number of fused-ring (bicyclic) bond motifs is 2. The van der Waals surface area contributed by atoms with Gasteiger partial charge < -0.3 is 4.74 Å². The predicted octanol–water partition coefficient (Wildman–Crippen LogP) is 5.90. The third-order valence-electron chi connectivity index (χ3n) is 8.69. The summed E-state index contributed by atoms with van der Waals surface area (Å²) in [4.78, 5) is 37.6. The molecule has 32 heavy (non-hydrogen) atoms. The second-order valence-electron chi connectivity index (χ2n) is 10.5. The first-order valence-corrected chi connectivity index (χ1v) is 11.8. The molecule has 0 aliphatic heterocycles. The zero-order chi connectivity index (χ0) is 23.3. The number of benzene rings is 1. The molecule has 3 aliphatic rings. The van der Waals surface area contributed by atoms with Crippen LogP contribution in [0, 0.1) is 22.7 Å². The zero-order valence-corrected chi connectivity index (χ0v) is 19.8. The van der Waals surface area contributed by atoms with E-state index in [2.05, 4.69) is 20.4 Å². The Balaban J connectivity index is 1.58. The van der Waals surface area contributed by atoms with Crippen LogP contribution in [0.25, 0.3) is 0 Å². The molecule has 0 aromatic heterocycles. The van der Waals surface area contributed by atoms with Crippen LogP contribution in [0.3, 0.4) is 0 Å². The van der Waals surface area contributed by atoms with Gasteiger partial charge in [0.1, 0.15) is 0 Å². The monoisotopic (exact) mass is 434 g/mol. The minimum Gasteiger partial charge on any atom is -0.469 e. The fourth-order valence-electron chi connectivity index (χ4n) is 6.97. The summed E-state index contributed by atoms with van der Waals surface area (Å²) in [6.45, 7) is 10.6. The molecule has 1 aromatic carbocycles. The molecule has 4 heteroatoms. The van der Waals surface area contributed by atoms with Gasteiger partial charge in [-0.15, -0.1) is 0 Å². The highest BCUT2D eigenvalue weighted by Crippen LogP contribution is 2.62. The maximum absolute atomic E-state index is 12.8. The van der Waals surface area contributed by atoms with Crippen molar-refractivity contribution >= 4 is 17.5 Å². The van der Waals surface area contributed by atoms with Gasteiger partial charge in [-0.2, -0.15) is 0 Å². The smallest absolute Gasteiger partial charge is 0.311 e. The van der Waals surface area contributed by atoms with Gasteiger partial charge >= 0.3 is 5.97 Å². The molecule has 4 rings (SSSR count). The lowest BCUT2D eigenvalue weighted by atomic mass is 9.46. The lowest BCUT2D eigenvalue weighted by Crippen LogP contribution is -2.53. The summed E-state index contributed by atoms with van der Waals surface area (Å²) in [5.74, 6) is 0.366. The van der Waals surface area contributed by atoms with Crippen LogP contribution in [0.1, 0.15) is 85.6 Å². The van der Waals surface area contributed by atoms with E-state index < -0.39 is 5.41 Å². The van der Waals surface area contributed by atoms with E-state index in [1.807, 2.05) is 12.1 Å². The van der Waals surface area contributed by atoms with Crippen molar-refractivity contribution in [1.82, 2.24) is 0 Å². The molecular formula is C28H34O4. The third kappa shape index (κ3) is 3.48. The van der Waals surface area contributed by atoms with Crippen molar-refractivity contribution < 1.29 is 19.1 Å². The van der Waals surface area contributed by atoms with Crippen molar-refractivity contribution in [2.45, 2.75) is 65.7 Å². The summed E-state index contributed by atoms with van der Waals surface area (Å²) in [5.41, 5.74) is 3.44.